The molecule has 2 fully saturated rings. The Morgan fingerprint density at radius 3 is 2.41 bits per heavy atom. The zero-order valence-electron chi connectivity index (χ0n) is 19.6. The fourth-order valence-corrected chi connectivity index (χ4v) is 5.20. The van der Waals surface area contributed by atoms with E-state index in [9.17, 15) is 10.4 Å². The number of nitriles is 1. The van der Waals surface area contributed by atoms with Gasteiger partial charge in [0.15, 0.2) is 0 Å². The van der Waals surface area contributed by atoms with Crippen LogP contribution in [0.25, 0.3) is 0 Å². The van der Waals surface area contributed by atoms with Crippen molar-refractivity contribution in [1.29, 1.82) is 5.26 Å². The highest BCUT2D eigenvalue weighted by molar-refractivity contribution is 6.31. The number of halogens is 1. The van der Waals surface area contributed by atoms with Crippen LogP contribution in [0.4, 0.5) is 11.8 Å². The lowest BCUT2D eigenvalue weighted by Gasteiger charge is -2.32. The highest BCUT2D eigenvalue weighted by atomic mass is 35.5. The normalized spacial score (nSPS) is 24.9. The molecule has 0 spiro atoms. The van der Waals surface area contributed by atoms with Crippen molar-refractivity contribution >= 4 is 23.4 Å². The van der Waals surface area contributed by atoms with E-state index >= 15 is 0 Å². The zero-order chi connectivity index (χ0) is 23.8. The maximum Gasteiger partial charge on any atom is 0.224 e. The van der Waals surface area contributed by atoms with Gasteiger partial charge in [0.25, 0.3) is 0 Å². The molecule has 1 aromatic carbocycles. The zero-order valence-corrected chi connectivity index (χ0v) is 20.4. The maximum atomic E-state index is 9.68. The van der Waals surface area contributed by atoms with Crippen LogP contribution in [-0.2, 0) is 6.54 Å². The van der Waals surface area contributed by atoms with Crippen LogP contribution < -0.4 is 16.0 Å². The van der Waals surface area contributed by atoms with E-state index in [4.69, 9.17) is 11.6 Å². The highest BCUT2D eigenvalue weighted by Gasteiger charge is 2.24. The molecule has 4 N–H and O–H groups in total. The van der Waals surface area contributed by atoms with Crippen LogP contribution in [0.15, 0.2) is 30.5 Å². The largest absolute Gasteiger partial charge is 0.393 e. The second-order valence-corrected chi connectivity index (χ2v) is 10.1. The summed E-state index contributed by atoms with van der Waals surface area (Å²) in [6.07, 6.45) is 10.4. The van der Waals surface area contributed by atoms with E-state index in [0.717, 1.165) is 44.3 Å². The molecule has 0 bridgehead atoms. The van der Waals surface area contributed by atoms with Gasteiger partial charge in [0.05, 0.1) is 12.3 Å². The van der Waals surface area contributed by atoms with Gasteiger partial charge in [-0.2, -0.15) is 10.2 Å². The fourth-order valence-electron chi connectivity index (χ4n) is 4.99. The number of hydrogen-bond donors (Lipinski definition) is 4. The monoisotopic (exact) mass is 482 g/mol. The Kier molecular flexibility index (Phi) is 8.97. The van der Waals surface area contributed by atoms with Crippen molar-refractivity contribution in [3.63, 3.8) is 0 Å². The Hall–Kier alpha value is -2.40. The molecule has 1 aromatic heterocycles. The summed E-state index contributed by atoms with van der Waals surface area (Å²) in [5.74, 6) is 2.35. The van der Waals surface area contributed by atoms with Gasteiger partial charge in [-0.25, -0.2) is 4.98 Å². The van der Waals surface area contributed by atoms with Crippen LogP contribution in [0.2, 0.25) is 5.02 Å². The molecule has 0 unspecified atom stereocenters. The van der Waals surface area contributed by atoms with Gasteiger partial charge in [0, 0.05) is 24.2 Å². The molecule has 2 saturated carbocycles. The van der Waals surface area contributed by atoms with Crippen LogP contribution in [0.3, 0.4) is 0 Å². The van der Waals surface area contributed by atoms with Crippen LogP contribution in [0.1, 0.15) is 62.5 Å². The number of aromatic nitrogens is 2. The average molecular weight is 483 g/mol. The van der Waals surface area contributed by atoms with Gasteiger partial charge in [-0.1, -0.05) is 29.8 Å². The minimum atomic E-state index is -0.0788. The van der Waals surface area contributed by atoms with Crippen molar-refractivity contribution in [2.75, 3.05) is 23.7 Å². The molecule has 182 valence electrons. The topological polar surface area (TPSA) is 106 Å². The molecule has 4 rings (SSSR count). The third kappa shape index (κ3) is 7.05. The summed E-state index contributed by atoms with van der Waals surface area (Å²) in [6, 6.07) is 10.4. The summed E-state index contributed by atoms with van der Waals surface area (Å²) in [7, 11) is 0. The van der Waals surface area contributed by atoms with Gasteiger partial charge in [-0.15, -0.1) is 0 Å². The standard InChI is InChI=1S/C26H35ClN6O/c27-24-4-2-1-3-20(24)16-31-26-32-17-21(13-28)25(33-26)30-15-18-5-9-22(10-6-18)29-14-19-7-11-23(34)12-8-19/h1-4,17-19,22-23,29,34H,5-12,14-16H2,(H2,30,31,32,33). The van der Waals surface area contributed by atoms with Gasteiger partial charge in [-0.3, -0.25) is 0 Å². The molecule has 1 heterocycles. The van der Waals surface area contributed by atoms with E-state index in [0.29, 0.717) is 46.8 Å². The van der Waals surface area contributed by atoms with Crippen LogP contribution >= 0.6 is 11.6 Å². The van der Waals surface area contributed by atoms with Gasteiger partial charge >= 0.3 is 0 Å². The molecule has 2 aliphatic rings. The summed E-state index contributed by atoms with van der Waals surface area (Å²) >= 11 is 6.23. The SMILES string of the molecule is N#Cc1cnc(NCc2ccccc2Cl)nc1NCC1CCC(NCC2CCC(O)CC2)CC1. The maximum absolute atomic E-state index is 9.68. The van der Waals surface area contributed by atoms with Crippen molar-refractivity contribution in [3.8, 4) is 6.07 Å². The van der Waals surface area contributed by atoms with Gasteiger partial charge in [0.2, 0.25) is 5.95 Å². The van der Waals surface area contributed by atoms with Crippen molar-refractivity contribution in [2.45, 2.75) is 70.1 Å². The Balaban J connectivity index is 1.22. The van der Waals surface area contributed by atoms with Gasteiger partial charge < -0.3 is 21.1 Å². The highest BCUT2D eigenvalue weighted by Crippen LogP contribution is 2.27. The number of aliphatic hydroxyl groups excluding tert-OH is 1. The van der Waals surface area contributed by atoms with E-state index in [1.165, 1.54) is 25.7 Å². The number of anilines is 2. The Morgan fingerprint density at radius 1 is 0.971 bits per heavy atom. The molecular formula is C26H35ClN6O. The molecule has 2 aliphatic carbocycles. The molecule has 0 saturated heterocycles. The molecule has 2 aromatic rings. The summed E-state index contributed by atoms with van der Waals surface area (Å²) in [5, 5.41) is 30.2. The Labute approximate surface area is 207 Å². The third-order valence-corrected chi connectivity index (χ3v) is 7.59. The predicted molar refractivity (Wildman–Crippen MR) is 136 cm³/mol. The molecule has 8 heteroatoms. The van der Waals surface area contributed by atoms with E-state index in [2.05, 4.69) is 32.0 Å². The lowest BCUT2D eigenvalue weighted by atomic mass is 9.84. The van der Waals surface area contributed by atoms with Crippen molar-refractivity contribution in [1.82, 2.24) is 15.3 Å². The summed E-state index contributed by atoms with van der Waals surface area (Å²) in [5.41, 5.74) is 1.43. The quantitative estimate of drug-likeness (QED) is 0.409. The van der Waals surface area contributed by atoms with E-state index < -0.39 is 0 Å². The number of hydrogen-bond acceptors (Lipinski definition) is 7. The number of nitrogens with one attached hydrogen (secondary N) is 3. The first kappa shape index (κ1) is 24.7. The first-order valence-electron chi connectivity index (χ1n) is 12.5. The molecule has 0 amide bonds. The van der Waals surface area contributed by atoms with Crippen molar-refractivity contribution < 1.29 is 5.11 Å². The second kappa shape index (κ2) is 12.3. The summed E-state index contributed by atoms with van der Waals surface area (Å²) in [6.45, 7) is 2.41. The first-order chi connectivity index (χ1) is 16.6. The van der Waals surface area contributed by atoms with Crippen LogP contribution in [-0.4, -0.2) is 40.3 Å². The smallest absolute Gasteiger partial charge is 0.224 e. The summed E-state index contributed by atoms with van der Waals surface area (Å²) in [4.78, 5) is 8.82. The van der Waals surface area contributed by atoms with Gasteiger partial charge in [-0.05, 0) is 81.4 Å². The third-order valence-electron chi connectivity index (χ3n) is 7.22. The molecule has 0 radical (unpaired) electrons. The lowest BCUT2D eigenvalue weighted by molar-refractivity contribution is 0.107. The average Bonchev–Trinajstić information content (AvgIpc) is 2.87. The van der Waals surface area contributed by atoms with Crippen LogP contribution in [0, 0.1) is 23.2 Å². The molecular weight excluding hydrogens is 448 g/mol. The van der Waals surface area contributed by atoms with Crippen molar-refractivity contribution in [2.24, 2.45) is 11.8 Å². The number of benzene rings is 1. The second-order valence-electron chi connectivity index (χ2n) is 9.69. The Bertz CT molecular complexity index is 964. The molecule has 7 nitrogen and oxygen atoms in total. The van der Waals surface area contributed by atoms with E-state index in [1.54, 1.807) is 6.20 Å². The number of nitrogens with zero attached hydrogens (tertiary/aromatic N) is 3. The van der Waals surface area contributed by atoms with E-state index in [-0.39, 0.29) is 6.10 Å². The Morgan fingerprint density at radius 2 is 1.68 bits per heavy atom. The lowest BCUT2D eigenvalue weighted by Crippen LogP contribution is -2.38. The van der Waals surface area contributed by atoms with Gasteiger partial charge in [0.1, 0.15) is 17.5 Å². The predicted octanol–water partition coefficient (Wildman–Crippen LogP) is 4.73. The van der Waals surface area contributed by atoms with E-state index in [1.807, 2.05) is 24.3 Å². The van der Waals surface area contributed by atoms with Crippen molar-refractivity contribution in [3.05, 3.63) is 46.6 Å². The first-order valence-corrected chi connectivity index (χ1v) is 12.9. The fraction of sp³-hybridized carbons (Fsp3) is 0.577. The number of rotatable bonds is 9. The number of aliphatic hydroxyl groups is 1. The molecule has 34 heavy (non-hydrogen) atoms. The minimum Gasteiger partial charge on any atom is -0.393 e. The minimum absolute atomic E-state index is 0.0788. The van der Waals surface area contributed by atoms with Crippen LogP contribution in [0.5, 0.6) is 0 Å². The molecule has 0 atom stereocenters. The summed E-state index contributed by atoms with van der Waals surface area (Å²) < 4.78 is 0. The molecule has 0 aliphatic heterocycles.